The van der Waals surface area contributed by atoms with E-state index in [2.05, 4.69) is 36.9 Å². The standard InChI is InChI=1S/C22H27N3O4/c1-5-19(26)23-17-10-6-15(7-11-17)21(28)25-24-20(27)14-29-18-12-8-16(9-13-18)22(2,3)4/h6-13H,5,14H2,1-4H3,(H,23,26)(H,24,27)(H,25,28). The smallest absolute Gasteiger partial charge is 0.276 e. The first-order valence-corrected chi connectivity index (χ1v) is 9.41. The van der Waals surface area contributed by atoms with Crippen molar-refractivity contribution >= 4 is 23.4 Å². The highest BCUT2D eigenvalue weighted by Gasteiger charge is 2.13. The zero-order valence-electron chi connectivity index (χ0n) is 17.2. The predicted octanol–water partition coefficient (Wildman–Crippen LogP) is 3.17. The van der Waals surface area contributed by atoms with Crippen LogP contribution in [0.2, 0.25) is 0 Å². The van der Waals surface area contributed by atoms with Gasteiger partial charge in [0.15, 0.2) is 6.61 Å². The van der Waals surface area contributed by atoms with Crippen LogP contribution >= 0.6 is 0 Å². The minimum absolute atomic E-state index is 0.0416. The summed E-state index contributed by atoms with van der Waals surface area (Å²) in [6.07, 6.45) is 0.372. The zero-order chi connectivity index (χ0) is 21.4. The Hall–Kier alpha value is -3.35. The molecule has 2 rings (SSSR count). The molecule has 154 valence electrons. The third-order valence-corrected chi connectivity index (χ3v) is 4.16. The monoisotopic (exact) mass is 397 g/mol. The molecule has 0 fully saturated rings. The molecule has 0 heterocycles. The molecule has 0 unspecified atom stereocenters. The number of nitrogens with one attached hydrogen (secondary N) is 3. The first kappa shape index (κ1) is 21.9. The summed E-state index contributed by atoms with van der Waals surface area (Å²) in [6.45, 7) is 7.89. The van der Waals surface area contributed by atoms with E-state index in [0.717, 1.165) is 0 Å². The minimum atomic E-state index is -0.481. The molecule has 0 saturated heterocycles. The van der Waals surface area contributed by atoms with E-state index in [1.807, 2.05) is 24.3 Å². The third-order valence-electron chi connectivity index (χ3n) is 4.16. The molecule has 7 nitrogen and oxygen atoms in total. The molecule has 3 N–H and O–H groups in total. The lowest BCUT2D eigenvalue weighted by Gasteiger charge is -2.19. The van der Waals surface area contributed by atoms with Gasteiger partial charge in [0.05, 0.1) is 0 Å². The van der Waals surface area contributed by atoms with Gasteiger partial charge in [-0.15, -0.1) is 0 Å². The molecule has 7 heteroatoms. The van der Waals surface area contributed by atoms with Crippen molar-refractivity contribution in [1.29, 1.82) is 0 Å². The molecule has 0 bridgehead atoms. The minimum Gasteiger partial charge on any atom is -0.484 e. The van der Waals surface area contributed by atoms with Gasteiger partial charge >= 0.3 is 0 Å². The van der Waals surface area contributed by atoms with Gasteiger partial charge in [-0.3, -0.25) is 25.2 Å². The van der Waals surface area contributed by atoms with Crippen LogP contribution in [0, 0.1) is 0 Å². The first-order valence-electron chi connectivity index (χ1n) is 9.41. The van der Waals surface area contributed by atoms with E-state index in [4.69, 9.17) is 4.74 Å². The molecule has 3 amide bonds. The van der Waals surface area contributed by atoms with Gasteiger partial charge in [0.25, 0.3) is 11.8 Å². The summed E-state index contributed by atoms with van der Waals surface area (Å²) in [5, 5.41) is 2.69. The molecule has 0 aliphatic heterocycles. The van der Waals surface area contributed by atoms with Gasteiger partial charge in [0.2, 0.25) is 5.91 Å². The SMILES string of the molecule is CCC(=O)Nc1ccc(C(=O)NNC(=O)COc2ccc(C(C)(C)C)cc2)cc1. The molecule has 0 aliphatic carbocycles. The maximum atomic E-state index is 12.1. The Morgan fingerprint density at radius 2 is 1.48 bits per heavy atom. The van der Waals surface area contributed by atoms with Crippen LogP contribution in [0.3, 0.4) is 0 Å². The van der Waals surface area contributed by atoms with E-state index < -0.39 is 11.8 Å². The number of hydrogen-bond donors (Lipinski definition) is 3. The summed E-state index contributed by atoms with van der Waals surface area (Å²) in [7, 11) is 0. The van der Waals surface area contributed by atoms with Crippen molar-refractivity contribution < 1.29 is 19.1 Å². The molecule has 0 aliphatic rings. The number of amides is 3. The van der Waals surface area contributed by atoms with Gasteiger partial charge in [0, 0.05) is 17.7 Å². The van der Waals surface area contributed by atoms with Crippen LogP contribution in [0.5, 0.6) is 5.75 Å². The summed E-state index contributed by atoms with van der Waals surface area (Å²) in [6, 6.07) is 13.9. The van der Waals surface area contributed by atoms with Gasteiger partial charge in [-0.2, -0.15) is 0 Å². The topological polar surface area (TPSA) is 96.5 Å². The first-order chi connectivity index (χ1) is 13.7. The fourth-order valence-corrected chi connectivity index (χ4v) is 2.39. The van der Waals surface area contributed by atoms with Gasteiger partial charge in [0.1, 0.15) is 5.75 Å². The van der Waals surface area contributed by atoms with Crippen molar-refractivity contribution in [3.63, 3.8) is 0 Å². The van der Waals surface area contributed by atoms with Gasteiger partial charge in [-0.1, -0.05) is 39.8 Å². The van der Waals surface area contributed by atoms with Crippen LogP contribution in [0.1, 0.15) is 50.0 Å². The lowest BCUT2D eigenvalue weighted by atomic mass is 9.87. The Kier molecular flexibility index (Phi) is 7.36. The number of ether oxygens (including phenoxy) is 1. The molecule has 0 saturated carbocycles. The number of hydrazine groups is 1. The Bertz CT molecular complexity index is 853. The van der Waals surface area contributed by atoms with Crippen molar-refractivity contribution in [3.05, 3.63) is 59.7 Å². The molecule has 2 aromatic carbocycles. The molecule has 0 atom stereocenters. The number of carbonyl (C=O) groups excluding carboxylic acids is 3. The summed E-state index contributed by atoms with van der Waals surface area (Å²) in [5.41, 5.74) is 6.80. The van der Waals surface area contributed by atoms with Crippen LogP contribution in [0.25, 0.3) is 0 Å². The van der Waals surface area contributed by atoms with Crippen LogP contribution < -0.4 is 20.9 Å². The quantitative estimate of drug-likeness (QED) is 0.652. The summed E-state index contributed by atoms with van der Waals surface area (Å²) >= 11 is 0. The average molecular weight is 397 g/mol. The van der Waals surface area contributed by atoms with Gasteiger partial charge in [-0.05, 0) is 47.4 Å². The predicted molar refractivity (Wildman–Crippen MR) is 112 cm³/mol. The van der Waals surface area contributed by atoms with Crippen molar-refractivity contribution in [3.8, 4) is 5.75 Å². The fourth-order valence-electron chi connectivity index (χ4n) is 2.39. The highest BCUT2D eigenvalue weighted by Crippen LogP contribution is 2.24. The van der Waals surface area contributed by atoms with Crippen molar-refractivity contribution in [2.75, 3.05) is 11.9 Å². The van der Waals surface area contributed by atoms with Crippen LogP contribution in [0.15, 0.2) is 48.5 Å². The summed E-state index contributed by atoms with van der Waals surface area (Å²) in [4.78, 5) is 35.3. The summed E-state index contributed by atoms with van der Waals surface area (Å²) < 4.78 is 5.43. The number of rotatable bonds is 6. The Morgan fingerprint density at radius 1 is 0.862 bits per heavy atom. The molecule has 0 aromatic heterocycles. The van der Waals surface area contributed by atoms with E-state index >= 15 is 0 Å². The molecule has 0 radical (unpaired) electrons. The largest absolute Gasteiger partial charge is 0.484 e. The lowest BCUT2D eigenvalue weighted by molar-refractivity contribution is -0.123. The van der Waals surface area contributed by atoms with Crippen LogP contribution in [0.4, 0.5) is 5.69 Å². The van der Waals surface area contributed by atoms with E-state index in [1.165, 1.54) is 5.56 Å². The molecule has 29 heavy (non-hydrogen) atoms. The van der Waals surface area contributed by atoms with E-state index in [1.54, 1.807) is 31.2 Å². The fraction of sp³-hybridized carbons (Fsp3) is 0.318. The van der Waals surface area contributed by atoms with Gasteiger partial charge < -0.3 is 10.1 Å². The van der Waals surface area contributed by atoms with E-state index in [0.29, 0.717) is 23.4 Å². The van der Waals surface area contributed by atoms with Crippen molar-refractivity contribution in [1.82, 2.24) is 10.9 Å². The van der Waals surface area contributed by atoms with Crippen LogP contribution in [-0.4, -0.2) is 24.3 Å². The number of carbonyl (C=O) groups is 3. The summed E-state index contributed by atoms with van der Waals surface area (Å²) in [5.74, 6) is -0.488. The number of hydrogen-bond acceptors (Lipinski definition) is 4. The van der Waals surface area contributed by atoms with Crippen LogP contribution in [-0.2, 0) is 15.0 Å². The Balaban J connectivity index is 1.78. The molecular weight excluding hydrogens is 370 g/mol. The normalized spacial score (nSPS) is 10.8. The van der Waals surface area contributed by atoms with Gasteiger partial charge in [-0.25, -0.2) is 0 Å². The lowest BCUT2D eigenvalue weighted by Crippen LogP contribution is -2.43. The second-order valence-corrected chi connectivity index (χ2v) is 7.54. The average Bonchev–Trinajstić information content (AvgIpc) is 2.70. The highest BCUT2D eigenvalue weighted by molar-refractivity contribution is 5.96. The maximum Gasteiger partial charge on any atom is 0.276 e. The Labute approximate surface area is 170 Å². The van der Waals surface area contributed by atoms with Crippen molar-refractivity contribution in [2.24, 2.45) is 0 Å². The van der Waals surface area contributed by atoms with E-state index in [9.17, 15) is 14.4 Å². The number of benzene rings is 2. The third kappa shape index (κ3) is 6.95. The molecule has 0 spiro atoms. The number of anilines is 1. The highest BCUT2D eigenvalue weighted by atomic mass is 16.5. The second kappa shape index (κ2) is 9.73. The maximum absolute atomic E-state index is 12.1. The Morgan fingerprint density at radius 3 is 2.03 bits per heavy atom. The second-order valence-electron chi connectivity index (χ2n) is 7.54. The van der Waals surface area contributed by atoms with E-state index in [-0.39, 0.29) is 17.9 Å². The molecular formula is C22H27N3O4. The zero-order valence-corrected chi connectivity index (χ0v) is 17.2. The van der Waals surface area contributed by atoms with Crippen molar-refractivity contribution in [2.45, 2.75) is 39.5 Å². The molecule has 2 aromatic rings.